The van der Waals surface area contributed by atoms with E-state index >= 15 is 0 Å². The molecule has 2 aromatic rings. The largest absolute Gasteiger partial charge is 0.373 e. The highest BCUT2D eigenvalue weighted by molar-refractivity contribution is 5.57. The number of nitrogens with one attached hydrogen (secondary N) is 2. The van der Waals surface area contributed by atoms with Crippen LogP contribution in [0.1, 0.15) is 36.6 Å². The van der Waals surface area contributed by atoms with E-state index in [9.17, 15) is 0 Å². The predicted molar refractivity (Wildman–Crippen MR) is 83.6 cm³/mol. The molecule has 0 radical (unpaired) electrons. The van der Waals surface area contributed by atoms with Gasteiger partial charge in [-0.25, -0.2) is 15.0 Å². The highest BCUT2D eigenvalue weighted by Crippen LogP contribution is 2.39. The van der Waals surface area contributed by atoms with Crippen molar-refractivity contribution in [1.29, 1.82) is 0 Å². The summed E-state index contributed by atoms with van der Waals surface area (Å²) in [5, 5.41) is 6.62. The number of rotatable bonds is 7. The molecule has 0 amide bonds. The van der Waals surface area contributed by atoms with Crippen LogP contribution in [0.15, 0.2) is 18.7 Å². The molecule has 6 nitrogen and oxygen atoms in total. The molecule has 21 heavy (non-hydrogen) atoms. The second-order valence-electron chi connectivity index (χ2n) is 5.51. The average Bonchev–Trinajstić information content (AvgIpc) is 3.22. The van der Waals surface area contributed by atoms with Crippen LogP contribution in [-0.4, -0.2) is 33.1 Å². The molecule has 1 aliphatic rings. The second kappa shape index (κ2) is 6.11. The second-order valence-corrected chi connectivity index (χ2v) is 5.51. The fourth-order valence-corrected chi connectivity index (χ4v) is 2.36. The van der Waals surface area contributed by atoms with Gasteiger partial charge in [0.05, 0.1) is 6.33 Å². The molecule has 0 aliphatic heterocycles. The van der Waals surface area contributed by atoms with Crippen LogP contribution in [0.2, 0.25) is 0 Å². The maximum Gasteiger partial charge on any atom is 0.136 e. The molecule has 1 fully saturated rings. The minimum Gasteiger partial charge on any atom is -0.373 e. The summed E-state index contributed by atoms with van der Waals surface area (Å²) in [5.74, 6) is 3.43. The van der Waals surface area contributed by atoms with Gasteiger partial charge >= 0.3 is 0 Å². The first-order valence-electron chi connectivity index (χ1n) is 7.54. The third-order valence-corrected chi connectivity index (χ3v) is 3.79. The number of aromatic nitrogens is 4. The van der Waals surface area contributed by atoms with Gasteiger partial charge in [0.2, 0.25) is 0 Å². The highest BCUT2D eigenvalue weighted by Gasteiger charge is 2.28. The van der Waals surface area contributed by atoms with Crippen LogP contribution in [0.25, 0.3) is 0 Å². The van der Waals surface area contributed by atoms with E-state index in [1.807, 2.05) is 25.8 Å². The Morgan fingerprint density at radius 3 is 2.76 bits per heavy atom. The van der Waals surface area contributed by atoms with Gasteiger partial charge in [0.1, 0.15) is 17.5 Å². The van der Waals surface area contributed by atoms with E-state index in [-0.39, 0.29) is 0 Å². The zero-order valence-corrected chi connectivity index (χ0v) is 12.6. The van der Waals surface area contributed by atoms with E-state index in [2.05, 4.69) is 32.1 Å². The van der Waals surface area contributed by atoms with Crippen LogP contribution in [0, 0.1) is 6.92 Å². The molecule has 3 rings (SSSR count). The SMILES string of the molecule is CNc1nc(C2CC2)nc(NCCCn2ccnc2)c1C. The van der Waals surface area contributed by atoms with Crippen molar-refractivity contribution in [3.05, 3.63) is 30.1 Å². The normalized spacial score (nSPS) is 14.2. The quantitative estimate of drug-likeness (QED) is 0.765. The van der Waals surface area contributed by atoms with E-state index < -0.39 is 0 Å². The lowest BCUT2D eigenvalue weighted by Gasteiger charge is -2.13. The third-order valence-electron chi connectivity index (χ3n) is 3.79. The first kappa shape index (κ1) is 13.9. The van der Waals surface area contributed by atoms with Crippen LogP contribution in [0.4, 0.5) is 11.6 Å². The Morgan fingerprint density at radius 1 is 1.29 bits per heavy atom. The topological polar surface area (TPSA) is 67.7 Å². The highest BCUT2D eigenvalue weighted by atomic mass is 15.1. The number of imidazole rings is 1. The minimum absolute atomic E-state index is 0.559. The molecule has 112 valence electrons. The third kappa shape index (κ3) is 3.32. The van der Waals surface area contributed by atoms with Gasteiger partial charge in [0, 0.05) is 44.0 Å². The molecule has 6 heteroatoms. The van der Waals surface area contributed by atoms with Crippen molar-refractivity contribution in [2.24, 2.45) is 0 Å². The van der Waals surface area contributed by atoms with Crippen LogP contribution in [0.5, 0.6) is 0 Å². The van der Waals surface area contributed by atoms with Gasteiger partial charge in [-0.1, -0.05) is 0 Å². The Bertz CT molecular complexity index is 588. The number of hydrogen-bond donors (Lipinski definition) is 2. The predicted octanol–water partition coefficient (Wildman–Crippen LogP) is 2.40. The number of anilines is 2. The van der Waals surface area contributed by atoms with Crippen molar-refractivity contribution in [2.45, 2.75) is 38.6 Å². The van der Waals surface area contributed by atoms with Crippen molar-refractivity contribution < 1.29 is 0 Å². The van der Waals surface area contributed by atoms with Gasteiger partial charge in [-0.2, -0.15) is 0 Å². The van der Waals surface area contributed by atoms with Crippen molar-refractivity contribution in [3.8, 4) is 0 Å². The lowest BCUT2D eigenvalue weighted by Crippen LogP contribution is -2.11. The fraction of sp³-hybridized carbons (Fsp3) is 0.533. The lowest BCUT2D eigenvalue weighted by atomic mass is 10.2. The summed E-state index contributed by atoms with van der Waals surface area (Å²) >= 11 is 0. The molecule has 2 heterocycles. The van der Waals surface area contributed by atoms with Crippen molar-refractivity contribution in [3.63, 3.8) is 0 Å². The molecule has 0 aromatic carbocycles. The van der Waals surface area contributed by atoms with Crippen molar-refractivity contribution in [1.82, 2.24) is 19.5 Å². The Kier molecular flexibility index (Phi) is 4.03. The van der Waals surface area contributed by atoms with Crippen LogP contribution >= 0.6 is 0 Å². The Labute approximate surface area is 125 Å². The molecular weight excluding hydrogens is 264 g/mol. The minimum atomic E-state index is 0.559. The van der Waals surface area contributed by atoms with Gasteiger partial charge < -0.3 is 15.2 Å². The Morgan fingerprint density at radius 2 is 2.10 bits per heavy atom. The van der Waals surface area contributed by atoms with E-state index in [0.29, 0.717) is 5.92 Å². The standard InChI is InChI=1S/C15H22N6/c1-11-13(16-2)19-15(12-4-5-12)20-14(11)18-6-3-8-21-9-7-17-10-21/h7,9-10,12H,3-6,8H2,1-2H3,(H2,16,18,19,20). The monoisotopic (exact) mass is 286 g/mol. The van der Waals surface area contributed by atoms with Gasteiger partial charge in [-0.3, -0.25) is 0 Å². The summed E-state index contributed by atoms with van der Waals surface area (Å²) < 4.78 is 2.09. The molecule has 2 N–H and O–H groups in total. The van der Waals surface area contributed by atoms with Crippen molar-refractivity contribution >= 4 is 11.6 Å². The lowest BCUT2D eigenvalue weighted by molar-refractivity contribution is 0.659. The maximum absolute atomic E-state index is 4.70. The smallest absolute Gasteiger partial charge is 0.136 e. The van der Waals surface area contributed by atoms with Gasteiger partial charge in [-0.05, 0) is 26.2 Å². The van der Waals surface area contributed by atoms with Gasteiger partial charge in [-0.15, -0.1) is 0 Å². The van der Waals surface area contributed by atoms with E-state index in [1.165, 1.54) is 12.8 Å². The first-order valence-corrected chi connectivity index (χ1v) is 7.54. The summed E-state index contributed by atoms with van der Waals surface area (Å²) in [4.78, 5) is 13.4. The van der Waals surface area contributed by atoms with Crippen LogP contribution in [-0.2, 0) is 6.54 Å². The number of nitrogens with zero attached hydrogens (tertiary/aromatic N) is 4. The average molecular weight is 286 g/mol. The van der Waals surface area contributed by atoms with Crippen molar-refractivity contribution in [2.75, 3.05) is 24.2 Å². The molecule has 0 atom stereocenters. The molecule has 0 saturated heterocycles. The van der Waals surface area contributed by atoms with Crippen LogP contribution < -0.4 is 10.6 Å². The Hall–Kier alpha value is -2.11. The summed E-state index contributed by atoms with van der Waals surface area (Å²) in [7, 11) is 1.91. The first-order chi connectivity index (χ1) is 10.3. The molecule has 1 saturated carbocycles. The van der Waals surface area contributed by atoms with Gasteiger partial charge in [0.25, 0.3) is 0 Å². The number of aryl methyl sites for hydroxylation is 1. The zero-order chi connectivity index (χ0) is 14.7. The molecule has 0 spiro atoms. The zero-order valence-electron chi connectivity index (χ0n) is 12.6. The summed E-state index contributed by atoms with van der Waals surface area (Å²) in [6, 6.07) is 0. The molecule has 0 unspecified atom stereocenters. The Balaban J connectivity index is 1.62. The molecule has 0 bridgehead atoms. The van der Waals surface area contributed by atoms with E-state index in [0.717, 1.165) is 42.5 Å². The molecular formula is C15H22N6. The van der Waals surface area contributed by atoms with E-state index in [4.69, 9.17) is 4.98 Å². The van der Waals surface area contributed by atoms with E-state index in [1.54, 1.807) is 0 Å². The number of hydrogen-bond acceptors (Lipinski definition) is 5. The maximum atomic E-state index is 4.70. The van der Waals surface area contributed by atoms with Gasteiger partial charge in [0.15, 0.2) is 0 Å². The summed E-state index contributed by atoms with van der Waals surface area (Å²) in [6.45, 7) is 3.91. The molecule has 1 aliphatic carbocycles. The summed E-state index contributed by atoms with van der Waals surface area (Å²) in [5.41, 5.74) is 1.09. The fourth-order valence-electron chi connectivity index (χ4n) is 2.36. The van der Waals surface area contributed by atoms with Crippen LogP contribution in [0.3, 0.4) is 0 Å². The summed E-state index contributed by atoms with van der Waals surface area (Å²) in [6.07, 6.45) is 9.11. The molecule has 2 aromatic heterocycles.